The zero-order chi connectivity index (χ0) is 23.1. The van der Waals surface area contributed by atoms with Crippen molar-refractivity contribution in [3.63, 3.8) is 0 Å². The Morgan fingerprint density at radius 1 is 1.09 bits per heavy atom. The van der Waals surface area contributed by atoms with Crippen molar-refractivity contribution in [3.8, 4) is 5.75 Å². The van der Waals surface area contributed by atoms with Gasteiger partial charge in [0.1, 0.15) is 10.8 Å². The van der Waals surface area contributed by atoms with Crippen molar-refractivity contribution in [1.29, 1.82) is 0 Å². The maximum Gasteiger partial charge on any atom is 0.263 e. The highest BCUT2D eigenvalue weighted by atomic mass is 35.5. The van der Waals surface area contributed by atoms with Crippen LogP contribution < -0.4 is 15.0 Å². The van der Waals surface area contributed by atoms with E-state index in [1.807, 2.05) is 4.90 Å². The molecule has 0 spiro atoms. The predicted octanol–water partition coefficient (Wildman–Crippen LogP) is 5.50. The lowest BCUT2D eigenvalue weighted by atomic mass is 9.99. The zero-order valence-corrected chi connectivity index (χ0v) is 19.2. The Labute approximate surface area is 196 Å². The van der Waals surface area contributed by atoms with E-state index in [1.54, 1.807) is 25.4 Å². The van der Waals surface area contributed by atoms with Crippen molar-refractivity contribution in [2.45, 2.75) is 25.8 Å². The van der Waals surface area contributed by atoms with Crippen LogP contribution in [0.15, 0.2) is 36.5 Å². The van der Waals surface area contributed by atoms with Crippen molar-refractivity contribution in [1.82, 2.24) is 14.9 Å². The summed E-state index contributed by atoms with van der Waals surface area (Å²) in [6.45, 7) is 2.49. The average Bonchev–Trinajstić information content (AvgIpc) is 3.23. The van der Waals surface area contributed by atoms with Gasteiger partial charge in [0.25, 0.3) is 6.43 Å². The number of fused-ring (bicyclic) bond motifs is 2. The molecule has 0 amide bonds. The van der Waals surface area contributed by atoms with E-state index in [-0.39, 0.29) is 5.56 Å². The van der Waals surface area contributed by atoms with Crippen LogP contribution in [-0.2, 0) is 19.4 Å². The fraction of sp³-hybridized carbons (Fsp3) is 0.333. The Kier molecular flexibility index (Phi) is 5.80. The van der Waals surface area contributed by atoms with Crippen LogP contribution in [0, 0.1) is 0 Å². The molecule has 3 aromatic rings. The third kappa shape index (κ3) is 4.20. The highest BCUT2D eigenvalue weighted by molar-refractivity contribution is 6.33. The number of nitrogens with one attached hydrogen (secondary N) is 1. The molecule has 172 valence electrons. The second kappa shape index (κ2) is 8.76. The molecule has 0 saturated heterocycles. The molecule has 1 aromatic heterocycles. The van der Waals surface area contributed by atoms with Gasteiger partial charge in [-0.15, -0.1) is 0 Å². The van der Waals surface area contributed by atoms with Crippen LogP contribution in [0.4, 0.5) is 31.9 Å². The summed E-state index contributed by atoms with van der Waals surface area (Å²) >= 11 is 6.45. The molecule has 0 saturated carbocycles. The van der Waals surface area contributed by atoms with Gasteiger partial charge in [-0.25, -0.2) is 13.8 Å². The largest absolute Gasteiger partial charge is 0.495 e. The second-order valence-electron chi connectivity index (χ2n) is 8.39. The van der Waals surface area contributed by atoms with E-state index in [1.165, 1.54) is 17.2 Å². The zero-order valence-electron chi connectivity index (χ0n) is 18.4. The van der Waals surface area contributed by atoms with Crippen molar-refractivity contribution in [3.05, 3.63) is 63.8 Å². The highest BCUT2D eigenvalue weighted by Crippen LogP contribution is 2.39. The number of aromatic nitrogens is 2. The number of nitrogens with zero attached hydrogens (tertiary/aromatic N) is 4. The monoisotopic (exact) mass is 471 g/mol. The first-order valence-corrected chi connectivity index (χ1v) is 11.2. The second-order valence-corrected chi connectivity index (χ2v) is 8.80. The third-order valence-electron chi connectivity index (χ3n) is 6.20. The molecule has 0 aliphatic carbocycles. The minimum absolute atomic E-state index is 0.0249. The molecule has 33 heavy (non-hydrogen) atoms. The number of alkyl halides is 2. The van der Waals surface area contributed by atoms with Crippen LogP contribution in [0.2, 0.25) is 5.02 Å². The van der Waals surface area contributed by atoms with E-state index in [9.17, 15) is 8.78 Å². The summed E-state index contributed by atoms with van der Waals surface area (Å²) < 4.78 is 31.8. The van der Waals surface area contributed by atoms with Gasteiger partial charge in [-0.05, 0) is 60.8 Å². The van der Waals surface area contributed by atoms with E-state index in [2.05, 4.69) is 39.4 Å². The summed E-state index contributed by atoms with van der Waals surface area (Å²) in [6, 6.07) is 8.87. The van der Waals surface area contributed by atoms with E-state index < -0.39 is 6.43 Å². The average molecular weight is 472 g/mol. The van der Waals surface area contributed by atoms with Crippen LogP contribution in [0.3, 0.4) is 0 Å². The van der Waals surface area contributed by atoms with E-state index in [4.69, 9.17) is 16.3 Å². The summed E-state index contributed by atoms with van der Waals surface area (Å²) in [4.78, 5) is 13.2. The van der Waals surface area contributed by atoms with Crippen LogP contribution in [0.25, 0.3) is 0 Å². The van der Waals surface area contributed by atoms with E-state index >= 15 is 0 Å². The molecule has 0 radical (unpaired) electrons. The Bertz CT molecular complexity index is 1210. The van der Waals surface area contributed by atoms with E-state index in [0.717, 1.165) is 42.2 Å². The normalized spacial score (nSPS) is 15.5. The molecule has 6 nitrogen and oxygen atoms in total. The molecule has 0 bridgehead atoms. The SMILES string of the molecule is COc1cc2c(cc1Nc1ncc(Cl)c(N3CCc4cc(C(F)F)ccc43)n1)CN(C)CC2. The van der Waals surface area contributed by atoms with Crippen LogP contribution >= 0.6 is 11.6 Å². The third-order valence-corrected chi connectivity index (χ3v) is 6.47. The van der Waals surface area contributed by atoms with Gasteiger partial charge in [-0.2, -0.15) is 4.98 Å². The fourth-order valence-electron chi connectivity index (χ4n) is 4.50. The number of methoxy groups -OCH3 is 1. The van der Waals surface area contributed by atoms with Gasteiger partial charge in [0.15, 0.2) is 5.82 Å². The topological polar surface area (TPSA) is 53.5 Å². The highest BCUT2D eigenvalue weighted by Gasteiger charge is 2.26. The number of rotatable bonds is 5. The first kappa shape index (κ1) is 21.9. The molecular weight excluding hydrogens is 448 g/mol. The molecule has 1 N–H and O–H groups in total. The van der Waals surface area contributed by atoms with Crippen molar-refractivity contribution in [2.24, 2.45) is 0 Å². The molecule has 2 aliphatic heterocycles. The summed E-state index contributed by atoms with van der Waals surface area (Å²) in [5, 5.41) is 3.67. The van der Waals surface area contributed by atoms with Gasteiger partial charge in [0.2, 0.25) is 5.95 Å². The van der Waals surface area contributed by atoms with Gasteiger partial charge in [0, 0.05) is 30.9 Å². The number of anilines is 4. The summed E-state index contributed by atoms with van der Waals surface area (Å²) in [6.07, 6.45) is 0.682. The molecule has 3 heterocycles. The lowest BCUT2D eigenvalue weighted by Crippen LogP contribution is -2.26. The quantitative estimate of drug-likeness (QED) is 0.530. The predicted molar refractivity (Wildman–Crippen MR) is 125 cm³/mol. The lowest BCUT2D eigenvalue weighted by molar-refractivity contribution is 0.151. The van der Waals surface area contributed by atoms with Crippen molar-refractivity contribution >= 4 is 34.7 Å². The molecule has 9 heteroatoms. The minimum Gasteiger partial charge on any atom is -0.495 e. The Hall–Kier alpha value is -2.97. The van der Waals surface area contributed by atoms with Crippen molar-refractivity contribution < 1.29 is 13.5 Å². The number of hydrogen-bond donors (Lipinski definition) is 1. The van der Waals surface area contributed by atoms with Gasteiger partial charge < -0.3 is 19.9 Å². The smallest absolute Gasteiger partial charge is 0.263 e. The number of likely N-dealkylation sites (N-methyl/N-ethyl adjacent to an activating group) is 1. The van der Waals surface area contributed by atoms with Crippen molar-refractivity contribution in [2.75, 3.05) is 37.5 Å². The lowest BCUT2D eigenvalue weighted by Gasteiger charge is -2.26. The minimum atomic E-state index is -2.49. The van der Waals surface area contributed by atoms with E-state index in [0.29, 0.717) is 29.8 Å². The fourth-order valence-corrected chi connectivity index (χ4v) is 4.69. The van der Waals surface area contributed by atoms with Gasteiger partial charge in [0.05, 0.1) is 19.0 Å². The molecule has 0 fully saturated rings. The molecule has 0 atom stereocenters. The standard InChI is InChI=1S/C24H24ClF2N5O/c1-31-7-5-14-11-21(33-2)19(10-17(14)13-31)29-24-28-12-18(25)23(30-24)32-8-6-15-9-16(22(26)27)3-4-20(15)32/h3-4,9-12,22H,5-8,13H2,1-2H3,(H,28,29,30). The first-order valence-electron chi connectivity index (χ1n) is 10.8. The number of benzene rings is 2. The van der Waals surface area contributed by atoms with Gasteiger partial charge in [-0.1, -0.05) is 17.7 Å². The van der Waals surface area contributed by atoms with Crippen LogP contribution in [0.1, 0.15) is 28.7 Å². The summed E-state index contributed by atoms with van der Waals surface area (Å²) in [5.41, 5.74) is 5.02. The molecule has 2 aliphatic rings. The maximum atomic E-state index is 13.1. The molecule has 5 rings (SSSR count). The number of halogens is 3. The van der Waals surface area contributed by atoms with Crippen LogP contribution in [-0.4, -0.2) is 42.1 Å². The Morgan fingerprint density at radius 3 is 2.70 bits per heavy atom. The summed E-state index contributed by atoms with van der Waals surface area (Å²) in [7, 11) is 3.75. The first-order chi connectivity index (χ1) is 15.9. The molecule has 2 aromatic carbocycles. The Morgan fingerprint density at radius 2 is 1.91 bits per heavy atom. The Balaban J connectivity index is 1.46. The van der Waals surface area contributed by atoms with Gasteiger partial charge >= 0.3 is 0 Å². The summed E-state index contributed by atoms with van der Waals surface area (Å²) in [5.74, 6) is 1.65. The molecule has 0 unspecified atom stereocenters. The number of ether oxygens (including phenoxy) is 1. The molecular formula is C24H24ClF2N5O. The maximum absolute atomic E-state index is 13.1. The van der Waals surface area contributed by atoms with Crippen LogP contribution in [0.5, 0.6) is 5.75 Å². The number of hydrogen-bond acceptors (Lipinski definition) is 6. The van der Waals surface area contributed by atoms with Gasteiger partial charge in [-0.3, -0.25) is 0 Å².